The van der Waals surface area contributed by atoms with Crippen molar-refractivity contribution in [1.29, 1.82) is 0 Å². The van der Waals surface area contributed by atoms with Crippen molar-refractivity contribution in [3.8, 4) is 0 Å². The Morgan fingerprint density at radius 2 is 1.71 bits per heavy atom. The molecule has 0 radical (unpaired) electrons. The van der Waals surface area contributed by atoms with Gasteiger partial charge in [-0.2, -0.15) is 0 Å². The van der Waals surface area contributed by atoms with E-state index in [9.17, 15) is 8.42 Å². The van der Waals surface area contributed by atoms with Crippen LogP contribution in [-0.4, -0.2) is 19.9 Å². The molecule has 5 heteroatoms. The van der Waals surface area contributed by atoms with Gasteiger partial charge >= 0.3 is 0 Å². The highest BCUT2D eigenvalue weighted by Crippen LogP contribution is 2.34. The van der Waals surface area contributed by atoms with Crippen molar-refractivity contribution in [3.05, 3.63) is 33.3 Å². The van der Waals surface area contributed by atoms with E-state index in [1.165, 1.54) is 6.26 Å². The van der Waals surface area contributed by atoms with E-state index in [4.69, 9.17) is 0 Å². The van der Waals surface area contributed by atoms with Crippen molar-refractivity contribution in [2.24, 2.45) is 0 Å². The van der Waals surface area contributed by atoms with Crippen LogP contribution < -0.4 is 0 Å². The van der Waals surface area contributed by atoms with Crippen molar-refractivity contribution in [2.75, 3.05) is 6.26 Å². The number of rotatable bonds is 3. The van der Waals surface area contributed by atoms with E-state index < -0.39 is 15.1 Å². The molecule has 0 heterocycles. The van der Waals surface area contributed by atoms with Crippen molar-refractivity contribution >= 4 is 41.7 Å². The highest BCUT2D eigenvalue weighted by atomic mass is 79.9. The molecule has 96 valence electrons. The number of hydrogen-bond donors (Lipinski definition) is 0. The largest absolute Gasteiger partial charge is 0.229 e. The summed E-state index contributed by atoms with van der Waals surface area (Å²) in [6.45, 7) is 5.71. The molecular formula is C12H16Br2O2S. The molecule has 0 N–H and O–H groups in total. The molecule has 1 aromatic carbocycles. The molecule has 2 nitrogen and oxygen atoms in total. The first-order chi connectivity index (χ1) is 7.64. The summed E-state index contributed by atoms with van der Waals surface area (Å²) in [5.74, 6) is 0. The Hall–Kier alpha value is 0.130. The second-order valence-corrected chi connectivity index (χ2v) is 8.64. The van der Waals surface area contributed by atoms with Gasteiger partial charge in [0.2, 0.25) is 0 Å². The summed E-state index contributed by atoms with van der Waals surface area (Å²) in [4.78, 5) is -0.177. The molecule has 0 amide bonds. The average Bonchev–Trinajstić information content (AvgIpc) is 2.20. The van der Waals surface area contributed by atoms with Crippen molar-refractivity contribution in [2.45, 2.75) is 30.8 Å². The van der Waals surface area contributed by atoms with Crippen LogP contribution in [0, 0.1) is 13.8 Å². The average molecular weight is 384 g/mol. The lowest BCUT2D eigenvalue weighted by molar-refractivity contribution is 0.588. The van der Waals surface area contributed by atoms with Gasteiger partial charge in [0.15, 0.2) is 9.84 Å². The number of aryl methyl sites for hydroxylation is 2. The second-order valence-electron chi connectivity index (χ2n) is 4.39. The fourth-order valence-electron chi connectivity index (χ4n) is 1.57. The fraction of sp³-hybridized carbons (Fsp3) is 0.500. The maximum Gasteiger partial charge on any atom is 0.151 e. The Morgan fingerprint density at radius 1 is 1.18 bits per heavy atom. The molecule has 2 unspecified atom stereocenters. The van der Waals surface area contributed by atoms with Crippen LogP contribution in [0.5, 0.6) is 0 Å². The molecule has 0 spiro atoms. The van der Waals surface area contributed by atoms with Gasteiger partial charge < -0.3 is 0 Å². The molecule has 0 saturated carbocycles. The van der Waals surface area contributed by atoms with Gasteiger partial charge in [-0.15, -0.1) is 0 Å². The highest BCUT2D eigenvalue weighted by molar-refractivity contribution is 9.10. The molecule has 0 aliphatic heterocycles. The van der Waals surface area contributed by atoms with Gasteiger partial charge in [-0.1, -0.05) is 37.9 Å². The molecule has 1 aromatic rings. The zero-order chi connectivity index (χ0) is 13.4. The third-order valence-electron chi connectivity index (χ3n) is 2.93. The molecule has 2 atom stereocenters. The summed E-state index contributed by atoms with van der Waals surface area (Å²) in [5, 5.41) is -0.443. The minimum absolute atomic E-state index is 0.177. The maximum absolute atomic E-state index is 11.6. The van der Waals surface area contributed by atoms with E-state index in [-0.39, 0.29) is 4.83 Å². The summed E-state index contributed by atoms with van der Waals surface area (Å²) >= 11 is 6.97. The summed E-state index contributed by atoms with van der Waals surface area (Å²) in [6, 6.07) is 4.05. The summed E-state index contributed by atoms with van der Waals surface area (Å²) in [7, 11) is -3.05. The van der Waals surface area contributed by atoms with Crippen LogP contribution in [0.25, 0.3) is 0 Å². The van der Waals surface area contributed by atoms with Crippen LogP contribution >= 0.6 is 31.9 Å². The monoisotopic (exact) mass is 382 g/mol. The van der Waals surface area contributed by atoms with E-state index >= 15 is 0 Å². The zero-order valence-electron chi connectivity index (χ0n) is 10.3. The lowest BCUT2D eigenvalue weighted by Gasteiger charge is -2.20. The van der Waals surface area contributed by atoms with Crippen molar-refractivity contribution in [1.82, 2.24) is 0 Å². The molecule has 0 aliphatic carbocycles. The van der Waals surface area contributed by atoms with E-state index in [0.717, 1.165) is 21.2 Å². The third-order valence-corrected chi connectivity index (χ3v) is 7.05. The number of sulfone groups is 1. The number of hydrogen-bond acceptors (Lipinski definition) is 2. The van der Waals surface area contributed by atoms with Gasteiger partial charge in [0.25, 0.3) is 0 Å². The third kappa shape index (κ3) is 3.55. The van der Waals surface area contributed by atoms with E-state index in [2.05, 4.69) is 31.9 Å². The van der Waals surface area contributed by atoms with Crippen LogP contribution in [0.2, 0.25) is 0 Å². The highest BCUT2D eigenvalue weighted by Gasteiger charge is 2.26. The second kappa shape index (κ2) is 5.41. The Kier molecular flexibility index (Phi) is 4.83. The van der Waals surface area contributed by atoms with Crippen molar-refractivity contribution < 1.29 is 8.42 Å². The summed E-state index contributed by atoms with van der Waals surface area (Å²) in [5.41, 5.74) is 3.22. The zero-order valence-corrected chi connectivity index (χ0v) is 14.3. The molecular weight excluding hydrogens is 368 g/mol. The predicted molar refractivity (Wildman–Crippen MR) is 79.6 cm³/mol. The SMILES string of the molecule is Cc1cc(C(Br)C(C)S(C)(=O)=O)c(C)cc1Br. The van der Waals surface area contributed by atoms with Crippen LogP contribution in [0.1, 0.15) is 28.4 Å². The molecule has 0 bridgehead atoms. The first-order valence-electron chi connectivity index (χ1n) is 5.24. The lowest BCUT2D eigenvalue weighted by Crippen LogP contribution is -2.21. The fourth-order valence-corrected chi connectivity index (χ4v) is 4.28. The molecule has 0 aliphatic rings. The van der Waals surface area contributed by atoms with Gasteiger partial charge in [-0.3, -0.25) is 0 Å². The van der Waals surface area contributed by atoms with Crippen molar-refractivity contribution in [3.63, 3.8) is 0 Å². The van der Waals surface area contributed by atoms with Gasteiger partial charge in [-0.05, 0) is 43.5 Å². The van der Waals surface area contributed by atoms with Crippen LogP contribution in [0.3, 0.4) is 0 Å². The molecule has 17 heavy (non-hydrogen) atoms. The summed E-state index contributed by atoms with van der Waals surface area (Å²) < 4.78 is 24.2. The topological polar surface area (TPSA) is 34.1 Å². The van der Waals surface area contributed by atoms with Gasteiger partial charge in [0, 0.05) is 10.7 Å². The molecule has 1 rings (SSSR count). The summed E-state index contributed by atoms with van der Waals surface area (Å²) in [6.07, 6.45) is 1.27. The first-order valence-corrected chi connectivity index (χ1v) is 8.90. The van der Waals surface area contributed by atoms with E-state index in [1.807, 2.05) is 26.0 Å². The quantitative estimate of drug-likeness (QED) is 0.741. The van der Waals surface area contributed by atoms with Gasteiger partial charge in [0.1, 0.15) is 0 Å². The first kappa shape index (κ1) is 15.2. The van der Waals surface area contributed by atoms with Crippen LogP contribution in [-0.2, 0) is 9.84 Å². The Morgan fingerprint density at radius 3 is 2.18 bits per heavy atom. The predicted octanol–water partition coefficient (Wildman–Crippen LogP) is 3.94. The minimum Gasteiger partial charge on any atom is -0.229 e. The van der Waals surface area contributed by atoms with E-state index in [1.54, 1.807) is 6.92 Å². The Labute approximate surface area is 120 Å². The van der Waals surface area contributed by atoms with Crippen LogP contribution in [0.4, 0.5) is 0 Å². The van der Waals surface area contributed by atoms with Gasteiger partial charge in [-0.25, -0.2) is 8.42 Å². The number of alkyl halides is 1. The normalized spacial score (nSPS) is 15.6. The maximum atomic E-state index is 11.6. The lowest BCUT2D eigenvalue weighted by atomic mass is 10.0. The molecule has 0 fully saturated rings. The molecule has 0 aromatic heterocycles. The Balaban J connectivity index is 3.22. The standard InChI is InChI=1S/C12H16Br2O2S/c1-7-6-11(13)8(2)5-10(7)12(14)9(3)17(4,15)16/h5-6,9,12H,1-4H3. The van der Waals surface area contributed by atoms with Gasteiger partial charge in [0.05, 0.1) is 10.1 Å². The van der Waals surface area contributed by atoms with Crippen LogP contribution in [0.15, 0.2) is 16.6 Å². The smallest absolute Gasteiger partial charge is 0.151 e. The number of benzene rings is 1. The van der Waals surface area contributed by atoms with E-state index in [0.29, 0.717) is 0 Å². The number of halogens is 2. The Bertz CT molecular complexity index is 524. The minimum atomic E-state index is -3.05. The molecule has 0 saturated heterocycles.